The molecular weight excluding hydrogens is 396 g/mol. The molecule has 3 rings (SSSR count). The summed E-state index contributed by atoms with van der Waals surface area (Å²) in [5, 5.41) is 12.7. The van der Waals surface area contributed by atoms with Crippen molar-refractivity contribution >= 4 is 18.1 Å². The predicted molar refractivity (Wildman–Crippen MR) is 115 cm³/mol. The van der Waals surface area contributed by atoms with Crippen molar-refractivity contribution in [1.82, 2.24) is 15.1 Å². The zero-order valence-electron chi connectivity index (χ0n) is 17.7. The first-order chi connectivity index (χ1) is 14.8. The number of aldehydes is 1. The third-order valence-corrected chi connectivity index (χ3v) is 6.22. The Bertz CT molecular complexity index is 852. The number of rotatable bonds is 8. The van der Waals surface area contributed by atoms with Gasteiger partial charge in [-0.05, 0) is 43.9 Å². The van der Waals surface area contributed by atoms with Crippen LogP contribution in [-0.4, -0.2) is 71.7 Å². The van der Waals surface area contributed by atoms with Gasteiger partial charge in [0.05, 0.1) is 18.2 Å². The Morgan fingerprint density at radius 1 is 1.35 bits per heavy atom. The first-order valence-corrected chi connectivity index (χ1v) is 10.6. The summed E-state index contributed by atoms with van der Waals surface area (Å²) in [4.78, 5) is 39.1. The van der Waals surface area contributed by atoms with Crippen molar-refractivity contribution in [3.63, 3.8) is 0 Å². The summed E-state index contributed by atoms with van der Waals surface area (Å²) in [5.74, 6) is -0.693. The van der Waals surface area contributed by atoms with Crippen LogP contribution in [0.3, 0.4) is 0 Å². The number of benzene rings is 1. The third-order valence-electron chi connectivity index (χ3n) is 6.22. The molecule has 2 saturated heterocycles. The van der Waals surface area contributed by atoms with E-state index in [0.29, 0.717) is 31.5 Å². The SMILES string of the molecule is CC(N[C@H]1CC(C=O)N(CC(N)C(=O)N2CCCC2C#N)C1)c1ccc(C(N)=O)cc1. The van der Waals surface area contributed by atoms with E-state index in [1.807, 2.05) is 24.0 Å². The first-order valence-electron chi connectivity index (χ1n) is 10.6. The third kappa shape index (κ3) is 5.28. The Labute approximate surface area is 182 Å². The van der Waals surface area contributed by atoms with E-state index in [1.165, 1.54) is 0 Å². The molecule has 2 heterocycles. The molecule has 1 aromatic carbocycles. The fourth-order valence-corrected chi connectivity index (χ4v) is 4.50. The summed E-state index contributed by atoms with van der Waals surface area (Å²) in [7, 11) is 0. The van der Waals surface area contributed by atoms with E-state index in [0.717, 1.165) is 18.3 Å². The molecule has 0 bridgehead atoms. The van der Waals surface area contributed by atoms with Gasteiger partial charge in [-0.15, -0.1) is 0 Å². The van der Waals surface area contributed by atoms with Crippen LogP contribution in [-0.2, 0) is 9.59 Å². The number of hydrogen-bond donors (Lipinski definition) is 3. The topological polar surface area (TPSA) is 146 Å². The number of amides is 2. The molecule has 0 radical (unpaired) electrons. The van der Waals surface area contributed by atoms with Crippen molar-refractivity contribution in [2.24, 2.45) is 11.5 Å². The average molecular weight is 427 g/mol. The van der Waals surface area contributed by atoms with E-state index < -0.39 is 18.0 Å². The predicted octanol–water partition coefficient (Wildman–Crippen LogP) is -0.0802. The summed E-state index contributed by atoms with van der Waals surface area (Å²) < 4.78 is 0. The number of primary amides is 1. The lowest BCUT2D eigenvalue weighted by Crippen LogP contribution is -2.52. The summed E-state index contributed by atoms with van der Waals surface area (Å²) in [6.45, 7) is 3.44. The van der Waals surface area contributed by atoms with Crippen molar-refractivity contribution in [3.8, 4) is 6.07 Å². The second-order valence-electron chi connectivity index (χ2n) is 8.39. The van der Waals surface area contributed by atoms with Crippen LogP contribution >= 0.6 is 0 Å². The lowest BCUT2D eigenvalue weighted by molar-refractivity contribution is -0.133. The molecule has 2 aliphatic heterocycles. The van der Waals surface area contributed by atoms with Crippen LogP contribution in [0.1, 0.15) is 48.1 Å². The molecule has 0 spiro atoms. The normalized spacial score (nSPS) is 25.7. The minimum absolute atomic E-state index is 0.00970. The van der Waals surface area contributed by atoms with Crippen LogP contribution in [0.15, 0.2) is 24.3 Å². The Morgan fingerprint density at radius 3 is 2.68 bits per heavy atom. The zero-order chi connectivity index (χ0) is 22.5. The smallest absolute Gasteiger partial charge is 0.248 e. The molecule has 5 N–H and O–H groups in total. The van der Waals surface area contributed by atoms with Gasteiger partial charge in [-0.3, -0.25) is 14.5 Å². The fourth-order valence-electron chi connectivity index (χ4n) is 4.50. The first kappa shape index (κ1) is 22.9. The Kier molecular flexibility index (Phi) is 7.38. The lowest BCUT2D eigenvalue weighted by atomic mass is 10.0. The van der Waals surface area contributed by atoms with Crippen molar-refractivity contribution in [2.75, 3.05) is 19.6 Å². The molecule has 9 nitrogen and oxygen atoms in total. The van der Waals surface area contributed by atoms with Crippen LogP contribution in [0, 0.1) is 11.3 Å². The highest BCUT2D eigenvalue weighted by atomic mass is 16.2. The monoisotopic (exact) mass is 426 g/mol. The van der Waals surface area contributed by atoms with Gasteiger partial charge in [0.25, 0.3) is 0 Å². The van der Waals surface area contributed by atoms with Gasteiger partial charge in [0, 0.05) is 37.3 Å². The molecule has 1 aromatic rings. The van der Waals surface area contributed by atoms with Gasteiger partial charge >= 0.3 is 0 Å². The number of nitrogens with two attached hydrogens (primary N) is 2. The average Bonchev–Trinajstić information content (AvgIpc) is 3.39. The maximum Gasteiger partial charge on any atom is 0.248 e. The zero-order valence-corrected chi connectivity index (χ0v) is 17.7. The van der Waals surface area contributed by atoms with E-state index >= 15 is 0 Å². The Balaban J connectivity index is 1.57. The number of nitriles is 1. The molecule has 0 saturated carbocycles. The van der Waals surface area contributed by atoms with Gasteiger partial charge < -0.3 is 26.5 Å². The number of carbonyl (C=O) groups is 3. The van der Waals surface area contributed by atoms with Crippen LogP contribution in [0.5, 0.6) is 0 Å². The van der Waals surface area contributed by atoms with Gasteiger partial charge in [0.1, 0.15) is 12.3 Å². The standard InChI is InChI=1S/C22H30N6O3/c1-14(15-4-6-16(7-5-15)21(25)30)26-17-9-19(13-29)27(11-17)12-20(24)22(31)28-8-2-3-18(28)10-23/h4-7,13-14,17-20,26H,2-3,8-9,11-12,24H2,1H3,(H2,25,30)/t14?,17-,18?,19?,20?/m0/s1. The number of likely N-dealkylation sites (tertiary alicyclic amines) is 2. The molecule has 166 valence electrons. The van der Waals surface area contributed by atoms with Crippen molar-refractivity contribution in [2.45, 2.75) is 56.4 Å². The van der Waals surface area contributed by atoms with Gasteiger partial charge in [-0.1, -0.05) is 12.1 Å². The summed E-state index contributed by atoms with van der Waals surface area (Å²) in [6, 6.07) is 7.85. The van der Waals surface area contributed by atoms with Crippen molar-refractivity contribution in [1.29, 1.82) is 5.26 Å². The lowest BCUT2D eigenvalue weighted by Gasteiger charge is -2.28. The summed E-state index contributed by atoms with van der Waals surface area (Å²) >= 11 is 0. The highest BCUT2D eigenvalue weighted by molar-refractivity contribution is 5.92. The van der Waals surface area contributed by atoms with Gasteiger partial charge in [-0.25, -0.2) is 0 Å². The van der Waals surface area contributed by atoms with Gasteiger partial charge in [-0.2, -0.15) is 5.26 Å². The molecule has 9 heteroatoms. The molecule has 2 fully saturated rings. The number of nitrogens with zero attached hydrogens (tertiary/aromatic N) is 3. The van der Waals surface area contributed by atoms with Crippen LogP contribution in [0.4, 0.5) is 0 Å². The quantitative estimate of drug-likeness (QED) is 0.493. The molecule has 5 atom stereocenters. The van der Waals surface area contributed by atoms with Gasteiger partial charge in [0.2, 0.25) is 11.8 Å². The van der Waals surface area contributed by atoms with Gasteiger partial charge in [0.15, 0.2) is 0 Å². The maximum absolute atomic E-state index is 12.7. The second-order valence-corrected chi connectivity index (χ2v) is 8.39. The highest BCUT2D eigenvalue weighted by Gasteiger charge is 2.37. The maximum atomic E-state index is 12.7. The van der Waals surface area contributed by atoms with E-state index in [-0.39, 0.29) is 30.6 Å². The Hall–Kier alpha value is -2.80. The molecule has 4 unspecified atom stereocenters. The minimum atomic E-state index is -0.770. The summed E-state index contributed by atoms with van der Waals surface area (Å²) in [6.07, 6.45) is 3.01. The minimum Gasteiger partial charge on any atom is -0.366 e. The summed E-state index contributed by atoms with van der Waals surface area (Å²) in [5.41, 5.74) is 12.9. The molecule has 2 amide bonds. The molecule has 0 aromatic heterocycles. The molecule has 31 heavy (non-hydrogen) atoms. The fraction of sp³-hybridized carbons (Fsp3) is 0.545. The van der Waals surface area contributed by atoms with Crippen LogP contribution in [0.2, 0.25) is 0 Å². The van der Waals surface area contributed by atoms with E-state index in [2.05, 4.69) is 11.4 Å². The number of nitrogens with one attached hydrogen (secondary N) is 1. The van der Waals surface area contributed by atoms with Crippen molar-refractivity contribution in [3.05, 3.63) is 35.4 Å². The largest absolute Gasteiger partial charge is 0.366 e. The van der Waals surface area contributed by atoms with Crippen LogP contribution < -0.4 is 16.8 Å². The van der Waals surface area contributed by atoms with E-state index in [9.17, 15) is 19.6 Å². The molecular formula is C22H30N6O3. The second kappa shape index (κ2) is 10.0. The van der Waals surface area contributed by atoms with Crippen molar-refractivity contribution < 1.29 is 14.4 Å². The van der Waals surface area contributed by atoms with E-state index in [1.54, 1.807) is 17.0 Å². The Morgan fingerprint density at radius 2 is 2.06 bits per heavy atom. The highest BCUT2D eigenvalue weighted by Crippen LogP contribution is 2.22. The number of carbonyl (C=O) groups excluding carboxylic acids is 3. The van der Waals surface area contributed by atoms with E-state index in [4.69, 9.17) is 11.5 Å². The number of hydrogen-bond acceptors (Lipinski definition) is 7. The van der Waals surface area contributed by atoms with Crippen LogP contribution in [0.25, 0.3) is 0 Å². The molecule has 0 aliphatic carbocycles. The molecule has 2 aliphatic rings.